The Hall–Kier alpha value is -1.96. The number of aliphatic hydroxyl groups excluding tert-OH is 2. The highest BCUT2D eigenvalue weighted by molar-refractivity contribution is 5.91. The summed E-state index contributed by atoms with van der Waals surface area (Å²) >= 11 is 0. The number of ether oxygens (including phenoxy) is 2. The molecule has 0 aromatic carbocycles. The van der Waals surface area contributed by atoms with Crippen molar-refractivity contribution in [2.45, 2.75) is 43.7 Å². The molecule has 7 nitrogen and oxygen atoms in total. The zero-order valence-corrected chi connectivity index (χ0v) is 14.7. The molecular formula is C19H24O7. The number of rotatable bonds is 3. The topological polar surface area (TPSA) is 113 Å². The molecular weight excluding hydrogens is 340 g/mol. The summed E-state index contributed by atoms with van der Waals surface area (Å²) in [7, 11) is 0. The van der Waals surface area contributed by atoms with Crippen molar-refractivity contribution in [1.82, 2.24) is 0 Å². The molecule has 3 rings (SSSR count). The van der Waals surface area contributed by atoms with Crippen LogP contribution in [0.5, 0.6) is 0 Å². The average Bonchev–Trinajstić information content (AvgIpc) is 2.99. The van der Waals surface area contributed by atoms with E-state index in [9.17, 15) is 24.9 Å². The molecule has 3 fully saturated rings. The number of aliphatic hydroxyl groups is 3. The summed E-state index contributed by atoms with van der Waals surface area (Å²) in [4.78, 5) is 24.4. The van der Waals surface area contributed by atoms with Gasteiger partial charge >= 0.3 is 11.9 Å². The van der Waals surface area contributed by atoms with Crippen LogP contribution in [0.3, 0.4) is 0 Å². The highest BCUT2D eigenvalue weighted by Gasteiger charge is 2.57. The smallest absolute Gasteiger partial charge is 0.340 e. The molecule has 1 saturated heterocycles. The van der Waals surface area contributed by atoms with Gasteiger partial charge in [0, 0.05) is 17.9 Å². The van der Waals surface area contributed by atoms with Crippen LogP contribution in [0.2, 0.25) is 0 Å². The van der Waals surface area contributed by atoms with Gasteiger partial charge in [0.15, 0.2) is 5.60 Å². The van der Waals surface area contributed by atoms with Crippen molar-refractivity contribution in [3.05, 3.63) is 36.5 Å². The van der Waals surface area contributed by atoms with Crippen LogP contribution >= 0.6 is 0 Å². The summed E-state index contributed by atoms with van der Waals surface area (Å²) in [6.45, 7) is 12.2. The van der Waals surface area contributed by atoms with Crippen LogP contribution < -0.4 is 0 Å². The molecule has 26 heavy (non-hydrogen) atoms. The number of fused-ring (bicyclic) bond motifs is 3. The molecule has 7 atom stereocenters. The minimum atomic E-state index is -2.05. The molecule has 142 valence electrons. The molecule has 0 aromatic rings. The predicted molar refractivity (Wildman–Crippen MR) is 90.6 cm³/mol. The van der Waals surface area contributed by atoms with Crippen molar-refractivity contribution >= 4 is 11.9 Å². The van der Waals surface area contributed by atoms with Gasteiger partial charge in [-0.15, -0.1) is 0 Å². The van der Waals surface area contributed by atoms with E-state index in [0.29, 0.717) is 12.0 Å². The summed E-state index contributed by atoms with van der Waals surface area (Å²) in [5.41, 5.74) is -0.543. The molecule has 0 amide bonds. The van der Waals surface area contributed by atoms with Crippen molar-refractivity contribution in [2.75, 3.05) is 6.61 Å². The fourth-order valence-corrected chi connectivity index (χ4v) is 4.20. The summed E-state index contributed by atoms with van der Waals surface area (Å²) < 4.78 is 11.0. The second kappa shape index (κ2) is 6.33. The van der Waals surface area contributed by atoms with Gasteiger partial charge < -0.3 is 24.8 Å². The van der Waals surface area contributed by atoms with Crippen LogP contribution in [0.4, 0.5) is 0 Å². The molecule has 7 heteroatoms. The first-order chi connectivity index (χ1) is 12.1. The first kappa shape index (κ1) is 18.8. The Morgan fingerprint density at radius 1 is 1.35 bits per heavy atom. The standard InChI is InChI=1S/C19H24O7/c1-8-5-13(25-18(23)19(4,24)7-20)15-10(3)17(22)26-16(15)14-9(2)12(21)6-11(8)14/h11-16,20-21,24H,1-3,5-7H2,4H3/t11-,12+,13-,14-,15+,16+,19?/m0/s1. The minimum Gasteiger partial charge on any atom is -0.459 e. The molecule has 0 radical (unpaired) electrons. The Kier molecular flexibility index (Phi) is 4.58. The Balaban J connectivity index is 1.96. The van der Waals surface area contributed by atoms with Crippen LogP contribution in [0.15, 0.2) is 36.5 Å². The molecule has 0 bridgehead atoms. The molecule has 2 aliphatic carbocycles. The lowest BCUT2D eigenvalue weighted by Crippen LogP contribution is -2.44. The molecule has 1 heterocycles. The molecule has 1 aliphatic heterocycles. The summed E-state index contributed by atoms with van der Waals surface area (Å²) in [5, 5.41) is 29.3. The van der Waals surface area contributed by atoms with Gasteiger partial charge in [0.1, 0.15) is 12.2 Å². The number of carbonyl (C=O) groups excluding carboxylic acids is 2. The highest BCUT2D eigenvalue weighted by atomic mass is 16.6. The van der Waals surface area contributed by atoms with Crippen molar-refractivity contribution in [2.24, 2.45) is 17.8 Å². The summed E-state index contributed by atoms with van der Waals surface area (Å²) in [6.07, 6.45) is -1.52. The SMILES string of the molecule is C=C1C(=O)O[C@@H]2[C@H]3C(=C)[C@H](O)C[C@H]3C(=C)C[C@H](OC(=O)C(C)(O)CO)[C@@H]12. The first-order valence-electron chi connectivity index (χ1n) is 8.57. The number of hydrogen-bond acceptors (Lipinski definition) is 7. The lowest BCUT2D eigenvalue weighted by Gasteiger charge is -2.30. The van der Waals surface area contributed by atoms with E-state index in [4.69, 9.17) is 9.47 Å². The molecule has 3 aliphatic rings. The Bertz CT molecular complexity index is 692. The fourth-order valence-electron chi connectivity index (χ4n) is 4.20. The maximum atomic E-state index is 12.2. The van der Waals surface area contributed by atoms with Crippen LogP contribution in [0, 0.1) is 17.8 Å². The molecule has 0 spiro atoms. The van der Waals surface area contributed by atoms with Gasteiger partial charge in [0.2, 0.25) is 0 Å². The summed E-state index contributed by atoms with van der Waals surface area (Å²) in [5.74, 6) is -2.67. The lowest BCUT2D eigenvalue weighted by molar-refractivity contribution is -0.176. The number of hydrogen-bond donors (Lipinski definition) is 3. The van der Waals surface area contributed by atoms with Gasteiger partial charge in [0.25, 0.3) is 0 Å². The van der Waals surface area contributed by atoms with Crippen LogP contribution in [0.25, 0.3) is 0 Å². The number of carbonyl (C=O) groups is 2. The van der Waals surface area contributed by atoms with E-state index in [1.165, 1.54) is 0 Å². The van der Waals surface area contributed by atoms with E-state index in [1.54, 1.807) is 0 Å². The maximum absolute atomic E-state index is 12.2. The predicted octanol–water partition coefficient (Wildman–Crippen LogP) is 0.252. The Morgan fingerprint density at radius 3 is 2.62 bits per heavy atom. The third-order valence-corrected chi connectivity index (χ3v) is 5.78. The third-order valence-electron chi connectivity index (χ3n) is 5.78. The van der Waals surface area contributed by atoms with E-state index < -0.39 is 48.4 Å². The van der Waals surface area contributed by atoms with Gasteiger partial charge in [-0.05, 0) is 24.8 Å². The normalized spacial score (nSPS) is 38.9. The van der Waals surface area contributed by atoms with E-state index in [2.05, 4.69) is 19.7 Å². The number of esters is 2. The van der Waals surface area contributed by atoms with E-state index in [-0.39, 0.29) is 23.8 Å². The van der Waals surface area contributed by atoms with Gasteiger partial charge in [0.05, 0.1) is 18.6 Å². The van der Waals surface area contributed by atoms with Crippen LogP contribution in [-0.4, -0.2) is 57.8 Å². The fraction of sp³-hybridized carbons (Fsp3) is 0.579. The lowest BCUT2D eigenvalue weighted by atomic mass is 9.81. The zero-order chi connectivity index (χ0) is 19.4. The molecule has 3 N–H and O–H groups in total. The van der Waals surface area contributed by atoms with Gasteiger partial charge in [-0.2, -0.15) is 0 Å². The van der Waals surface area contributed by atoms with E-state index in [0.717, 1.165) is 12.5 Å². The molecule has 2 saturated carbocycles. The second-order valence-corrected chi connectivity index (χ2v) is 7.62. The van der Waals surface area contributed by atoms with Crippen molar-refractivity contribution in [3.8, 4) is 0 Å². The summed E-state index contributed by atoms with van der Waals surface area (Å²) in [6, 6.07) is 0. The van der Waals surface area contributed by atoms with Gasteiger partial charge in [-0.1, -0.05) is 25.3 Å². The second-order valence-electron chi connectivity index (χ2n) is 7.62. The van der Waals surface area contributed by atoms with Crippen LogP contribution in [-0.2, 0) is 19.1 Å². The Labute approximate surface area is 151 Å². The third kappa shape index (κ3) is 2.80. The first-order valence-corrected chi connectivity index (χ1v) is 8.57. The monoisotopic (exact) mass is 364 g/mol. The van der Waals surface area contributed by atoms with Crippen LogP contribution in [0.1, 0.15) is 19.8 Å². The van der Waals surface area contributed by atoms with Crippen molar-refractivity contribution < 1.29 is 34.4 Å². The highest BCUT2D eigenvalue weighted by Crippen LogP contribution is 2.52. The minimum absolute atomic E-state index is 0.147. The van der Waals surface area contributed by atoms with Crippen molar-refractivity contribution in [3.63, 3.8) is 0 Å². The van der Waals surface area contributed by atoms with E-state index in [1.807, 2.05) is 0 Å². The Morgan fingerprint density at radius 2 is 2.00 bits per heavy atom. The van der Waals surface area contributed by atoms with Gasteiger partial charge in [-0.25, -0.2) is 9.59 Å². The van der Waals surface area contributed by atoms with Gasteiger partial charge in [-0.3, -0.25) is 0 Å². The van der Waals surface area contributed by atoms with E-state index >= 15 is 0 Å². The average molecular weight is 364 g/mol. The quantitative estimate of drug-likeness (QED) is 0.374. The van der Waals surface area contributed by atoms with Crippen molar-refractivity contribution in [1.29, 1.82) is 0 Å². The largest absolute Gasteiger partial charge is 0.459 e. The molecule has 0 aromatic heterocycles. The maximum Gasteiger partial charge on any atom is 0.340 e. The molecule has 1 unspecified atom stereocenters. The zero-order valence-electron chi connectivity index (χ0n) is 14.7.